The van der Waals surface area contributed by atoms with Gasteiger partial charge in [-0.1, -0.05) is 0 Å². The van der Waals surface area contributed by atoms with Gasteiger partial charge in [-0.2, -0.15) is 9.90 Å². The molecule has 0 atom stereocenters. The lowest BCUT2D eigenvalue weighted by molar-refractivity contribution is 0.0493. The standard InChI is InChI=1S/C11H17BrN4O2/c1-10(2,3)18-9(17)13-11(5-6-11)7-8(12)15-16(4)14-7/h5-6H2,1-4H3,(H,13,17). The molecule has 0 spiro atoms. The molecule has 0 aromatic carbocycles. The summed E-state index contributed by atoms with van der Waals surface area (Å²) in [7, 11) is 1.75. The summed E-state index contributed by atoms with van der Waals surface area (Å²) in [6, 6.07) is 0. The molecule has 1 heterocycles. The molecule has 100 valence electrons. The average Bonchev–Trinajstić information content (AvgIpc) is 2.83. The topological polar surface area (TPSA) is 69.0 Å². The smallest absolute Gasteiger partial charge is 0.408 e. The fourth-order valence-corrected chi connectivity index (χ4v) is 2.41. The Bertz CT molecular complexity index is 474. The number of ether oxygens (including phenoxy) is 1. The van der Waals surface area contributed by atoms with Gasteiger partial charge in [0.1, 0.15) is 11.3 Å². The summed E-state index contributed by atoms with van der Waals surface area (Å²) in [6.45, 7) is 5.51. The quantitative estimate of drug-likeness (QED) is 0.907. The van der Waals surface area contributed by atoms with Crippen molar-refractivity contribution in [2.45, 2.75) is 44.8 Å². The highest BCUT2D eigenvalue weighted by Gasteiger charge is 2.50. The van der Waals surface area contributed by atoms with E-state index < -0.39 is 17.2 Å². The first-order chi connectivity index (χ1) is 8.22. The number of rotatable bonds is 2. The molecule has 0 aliphatic heterocycles. The maximum atomic E-state index is 11.8. The summed E-state index contributed by atoms with van der Waals surface area (Å²) in [5.74, 6) is 0. The molecular weight excluding hydrogens is 300 g/mol. The minimum atomic E-state index is -0.500. The molecule has 0 unspecified atom stereocenters. The van der Waals surface area contributed by atoms with Crippen LogP contribution in [-0.4, -0.2) is 26.7 Å². The van der Waals surface area contributed by atoms with Gasteiger partial charge in [0.15, 0.2) is 4.60 Å². The molecule has 6 nitrogen and oxygen atoms in total. The summed E-state index contributed by atoms with van der Waals surface area (Å²) >= 11 is 3.36. The van der Waals surface area contributed by atoms with Gasteiger partial charge in [0.05, 0.1) is 5.54 Å². The van der Waals surface area contributed by atoms with E-state index in [2.05, 4.69) is 31.4 Å². The van der Waals surface area contributed by atoms with Gasteiger partial charge in [0.2, 0.25) is 0 Å². The number of carbonyl (C=O) groups excluding carboxylic acids is 1. The van der Waals surface area contributed by atoms with Gasteiger partial charge < -0.3 is 10.1 Å². The average molecular weight is 317 g/mol. The van der Waals surface area contributed by atoms with Crippen LogP contribution in [0.3, 0.4) is 0 Å². The minimum absolute atomic E-state index is 0.419. The molecule has 0 radical (unpaired) electrons. The van der Waals surface area contributed by atoms with E-state index in [1.807, 2.05) is 20.8 Å². The zero-order valence-electron chi connectivity index (χ0n) is 11.0. The van der Waals surface area contributed by atoms with Crippen molar-refractivity contribution in [2.75, 3.05) is 0 Å². The van der Waals surface area contributed by atoms with Gasteiger partial charge in [0, 0.05) is 7.05 Å². The first-order valence-corrected chi connectivity index (χ1v) is 6.60. The summed E-state index contributed by atoms with van der Waals surface area (Å²) in [5, 5.41) is 11.3. The summed E-state index contributed by atoms with van der Waals surface area (Å²) in [6.07, 6.45) is 1.28. The molecule has 1 aliphatic carbocycles. The molecule has 18 heavy (non-hydrogen) atoms. The summed E-state index contributed by atoms with van der Waals surface area (Å²) in [4.78, 5) is 13.3. The van der Waals surface area contributed by atoms with Crippen LogP contribution in [-0.2, 0) is 17.3 Å². The van der Waals surface area contributed by atoms with Gasteiger partial charge in [-0.15, -0.1) is 5.10 Å². The van der Waals surface area contributed by atoms with Crippen LogP contribution in [0.15, 0.2) is 4.60 Å². The van der Waals surface area contributed by atoms with E-state index in [4.69, 9.17) is 4.74 Å². The molecular formula is C11H17BrN4O2. The maximum Gasteiger partial charge on any atom is 0.408 e. The van der Waals surface area contributed by atoms with E-state index in [1.54, 1.807) is 7.05 Å². The molecule has 1 fully saturated rings. The van der Waals surface area contributed by atoms with Gasteiger partial charge in [-0.25, -0.2) is 4.79 Å². The molecule has 2 rings (SSSR count). The highest BCUT2D eigenvalue weighted by atomic mass is 79.9. The molecule has 0 bridgehead atoms. The highest BCUT2D eigenvalue weighted by Crippen LogP contribution is 2.46. The highest BCUT2D eigenvalue weighted by molar-refractivity contribution is 9.10. The lowest BCUT2D eigenvalue weighted by Gasteiger charge is -2.22. The Morgan fingerprint density at radius 1 is 1.44 bits per heavy atom. The number of hydrogen-bond acceptors (Lipinski definition) is 4. The first-order valence-electron chi connectivity index (χ1n) is 5.80. The summed E-state index contributed by atoms with van der Waals surface area (Å²) < 4.78 is 5.93. The van der Waals surface area contributed by atoms with Crippen molar-refractivity contribution in [2.24, 2.45) is 7.05 Å². The van der Waals surface area contributed by atoms with Crippen molar-refractivity contribution >= 4 is 22.0 Å². The van der Waals surface area contributed by atoms with Crippen LogP contribution >= 0.6 is 15.9 Å². The molecule has 1 amide bonds. The molecule has 1 saturated carbocycles. The van der Waals surface area contributed by atoms with Crippen LogP contribution in [0.1, 0.15) is 39.3 Å². The lowest BCUT2D eigenvalue weighted by atomic mass is 10.2. The number of halogens is 1. The Balaban J connectivity index is 2.09. The SMILES string of the molecule is Cn1nc(Br)c(C2(NC(=O)OC(C)(C)C)CC2)n1. The van der Waals surface area contributed by atoms with Crippen LogP contribution < -0.4 is 5.32 Å². The van der Waals surface area contributed by atoms with Gasteiger partial charge in [-0.3, -0.25) is 0 Å². The second-order valence-corrected chi connectivity index (χ2v) is 6.29. The van der Waals surface area contributed by atoms with Gasteiger partial charge >= 0.3 is 6.09 Å². The summed E-state index contributed by atoms with van der Waals surface area (Å²) in [5.41, 5.74) is -0.161. The van der Waals surface area contributed by atoms with Crippen LogP contribution in [0, 0.1) is 0 Å². The maximum absolute atomic E-state index is 11.8. The zero-order valence-corrected chi connectivity index (χ0v) is 12.5. The third-order valence-corrected chi connectivity index (χ3v) is 3.15. The Morgan fingerprint density at radius 2 is 2.06 bits per heavy atom. The van der Waals surface area contributed by atoms with E-state index in [-0.39, 0.29) is 0 Å². The molecule has 1 N–H and O–H groups in total. The fraction of sp³-hybridized carbons (Fsp3) is 0.727. The third kappa shape index (κ3) is 2.82. The van der Waals surface area contributed by atoms with Gasteiger partial charge in [0.25, 0.3) is 0 Å². The zero-order chi connectivity index (χ0) is 13.6. The second kappa shape index (κ2) is 4.22. The first kappa shape index (κ1) is 13.3. The van der Waals surface area contributed by atoms with Crippen LogP contribution in [0.5, 0.6) is 0 Å². The second-order valence-electron chi connectivity index (χ2n) is 5.54. The van der Waals surface area contributed by atoms with Gasteiger partial charge in [-0.05, 0) is 49.5 Å². The van der Waals surface area contributed by atoms with E-state index in [9.17, 15) is 4.79 Å². The number of carbonyl (C=O) groups is 1. The molecule has 1 aromatic heterocycles. The molecule has 7 heteroatoms. The van der Waals surface area contributed by atoms with Crippen molar-refractivity contribution in [1.82, 2.24) is 20.3 Å². The predicted molar refractivity (Wildman–Crippen MR) is 69.0 cm³/mol. The number of nitrogens with zero attached hydrogens (tertiary/aromatic N) is 3. The predicted octanol–water partition coefficient (Wildman–Crippen LogP) is 2.09. The normalized spacial score (nSPS) is 17.4. The number of alkyl carbamates (subject to hydrolysis) is 1. The lowest BCUT2D eigenvalue weighted by Crippen LogP contribution is -2.39. The van der Waals surface area contributed by atoms with E-state index in [1.165, 1.54) is 4.80 Å². The Morgan fingerprint density at radius 3 is 2.44 bits per heavy atom. The van der Waals surface area contributed by atoms with Crippen LogP contribution in [0.25, 0.3) is 0 Å². The Labute approximate surface area is 114 Å². The van der Waals surface area contributed by atoms with Crippen molar-refractivity contribution in [1.29, 1.82) is 0 Å². The van der Waals surface area contributed by atoms with Crippen molar-refractivity contribution in [3.8, 4) is 0 Å². The van der Waals surface area contributed by atoms with E-state index in [0.29, 0.717) is 4.60 Å². The Hall–Kier alpha value is -1.11. The monoisotopic (exact) mass is 316 g/mol. The number of aromatic nitrogens is 3. The van der Waals surface area contributed by atoms with E-state index >= 15 is 0 Å². The number of hydrogen-bond donors (Lipinski definition) is 1. The fourth-order valence-electron chi connectivity index (χ4n) is 1.72. The van der Waals surface area contributed by atoms with Crippen LogP contribution in [0.4, 0.5) is 4.79 Å². The molecule has 0 saturated heterocycles. The largest absolute Gasteiger partial charge is 0.444 e. The molecule has 1 aliphatic rings. The van der Waals surface area contributed by atoms with Crippen molar-refractivity contribution in [3.63, 3.8) is 0 Å². The van der Waals surface area contributed by atoms with Crippen molar-refractivity contribution < 1.29 is 9.53 Å². The minimum Gasteiger partial charge on any atom is -0.444 e. The third-order valence-electron chi connectivity index (χ3n) is 2.62. The van der Waals surface area contributed by atoms with Crippen molar-refractivity contribution in [3.05, 3.63) is 10.3 Å². The number of aryl methyl sites for hydroxylation is 1. The van der Waals surface area contributed by atoms with Crippen LogP contribution in [0.2, 0.25) is 0 Å². The Kier molecular flexibility index (Phi) is 3.12. The number of nitrogens with one attached hydrogen (secondary N) is 1. The van der Waals surface area contributed by atoms with E-state index in [0.717, 1.165) is 18.5 Å². The molecule has 1 aromatic rings. The number of amides is 1.